The summed E-state index contributed by atoms with van der Waals surface area (Å²) in [5.74, 6) is -0.163. The molecule has 2 N–H and O–H groups in total. The Morgan fingerprint density at radius 3 is 2.10 bits per heavy atom. The van der Waals surface area contributed by atoms with Gasteiger partial charge in [0.25, 0.3) is 5.91 Å². The van der Waals surface area contributed by atoms with Crippen molar-refractivity contribution in [3.8, 4) is 0 Å². The van der Waals surface area contributed by atoms with Crippen molar-refractivity contribution in [1.82, 2.24) is 14.9 Å². The topological polar surface area (TPSA) is 105 Å². The number of nitrogens with zero attached hydrogens (tertiary/aromatic N) is 1. The van der Waals surface area contributed by atoms with Crippen LogP contribution in [0.15, 0.2) is 89.8 Å². The van der Waals surface area contributed by atoms with Crippen LogP contribution in [0, 0.1) is 0 Å². The summed E-state index contributed by atoms with van der Waals surface area (Å²) in [4.78, 5) is 26.9. The molecule has 1 atom stereocenters. The van der Waals surface area contributed by atoms with Gasteiger partial charge in [-0.3, -0.25) is 9.59 Å². The van der Waals surface area contributed by atoms with Crippen molar-refractivity contribution in [3.05, 3.63) is 102 Å². The van der Waals surface area contributed by atoms with Gasteiger partial charge in [-0.05, 0) is 47.8 Å². The van der Waals surface area contributed by atoms with E-state index < -0.39 is 28.0 Å². The lowest BCUT2D eigenvalue weighted by molar-refractivity contribution is -0.123. The molecule has 0 unspecified atom stereocenters. The fourth-order valence-corrected chi connectivity index (χ4v) is 6.30. The van der Waals surface area contributed by atoms with Crippen molar-refractivity contribution in [2.45, 2.75) is 23.4 Å². The number of morpholine rings is 1. The standard InChI is InChI=1S/C29H33N3O5S2/c1-38-20-15-26(29(34)31-27(22-9-4-2-5-10-22)23-11-6-3-7-12-23)30-28(33)24-13-8-14-25(21-24)39(35,36)32-16-18-37-19-17-32/h2-14,21,26-27H,15-20H2,1H3,(H,30,33)(H,31,34)/t26-/m0/s1. The minimum absolute atomic E-state index is 0.0374. The first-order valence-electron chi connectivity index (χ1n) is 12.8. The van der Waals surface area contributed by atoms with Crippen LogP contribution in [0.1, 0.15) is 33.9 Å². The van der Waals surface area contributed by atoms with Gasteiger partial charge in [0.2, 0.25) is 15.9 Å². The Hall–Kier alpha value is -3.18. The number of carbonyl (C=O) groups excluding carboxylic acids is 2. The molecule has 206 valence electrons. The van der Waals surface area contributed by atoms with Crippen molar-refractivity contribution < 1.29 is 22.7 Å². The number of hydrogen-bond donors (Lipinski definition) is 2. The Labute approximate surface area is 234 Å². The second kappa shape index (κ2) is 13.7. The molecular weight excluding hydrogens is 534 g/mol. The summed E-state index contributed by atoms with van der Waals surface area (Å²) in [6, 6.07) is 24.1. The van der Waals surface area contributed by atoms with Gasteiger partial charge in [0.05, 0.1) is 24.2 Å². The fraction of sp³-hybridized carbons (Fsp3) is 0.310. The normalized spacial score (nSPS) is 15.0. The van der Waals surface area contributed by atoms with Crippen LogP contribution in [0.2, 0.25) is 0 Å². The van der Waals surface area contributed by atoms with Crippen LogP contribution in [0.5, 0.6) is 0 Å². The molecule has 1 aliphatic rings. The van der Waals surface area contributed by atoms with Gasteiger partial charge in [0.15, 0.2) is 0 Å². The highest BCUT2D eigenvalue weighted by molar-refractivity contribution is 7.98. The minimum Gasteiger partial charge on any atom is -0.379 e. The minimum atomic E-state index is -3.76. The molecule has 1 heterocycles. The number of rotatable bonds is 11. The third-order valence-electron chi connectivity index (χ3n) is 6.49. The van der Waals surface area contributed by atoms with Crippen LogP contribution in [-0.2, 0) is 19.6 Å². The number of amides is 2. The second-order valence-electron chi connectivity index (χ2n) is 9.11. The Morgan fingerprint density at radius 1 is 0.897 bits per heavy atom. The van der Waals surface area contributed by atoms with Gasteiger partial charge < -0.3 is 15.4 Å². The summed E-state index contributed by atoms with van der Waals surface area (Å²) in [5, 5.41) is 5.96. The van der Waals surface area contributed by atoms with E-state index in [4.69, 9.17) is 4.74 Å². The number of sulfonamides is 1. The zero-order valence-electron chi connectivity index (χ0n) is 21.8. The smallest absolute Gasteiger partial charge is 0.251 e. The van der Waals surface area contributed by atoms with E-state index in [1.807, 2.05) is 66.9 Å². The summed E-state index contributed by atoms with van der Waals surface area (Å²) >= 11 is 1.58. The van der Waals surface area contributed by atoms with Gasteiger partial charge >= 0.3 is 0 Å². The SMILES string of the molecule is CSCC[C@H](NC(=O)c1cccc(S(=O)(=O)N2CCOCC2)c1)C(=O)NC(c1ccccc1)c1ccccc1. The molecule has 0 bridgehead atoms. The first-order chi connectivity index (χ1) is 18.9. The Kier molecular flexibility index (Phi) is 10.2. The molecule has 0 spiro atoms. The van der Waals surface area contributed by atoms with Gasteiger partial charge in [-0.25, -0.2) is 8.42 Å². The highest BCUT2D eigenvalue weighted by atomic mass is 32.2. The van der Waals surface area contributed by atoms with Crippen molar-refractivity contribution >= 4 is 33.6 Å². The number of nitrogens with one attached hydrogen (secondary N) is 2. The maximum atomic E-state index is 13.6. The first-order valence-corrected chi connectivity index (χ1v) is 15.6. The fourth-order valence-electron chi connectivity index (χ4n) is 4.37. The van der Waals surface area contributed by atoms with Gasteiger partial charge in [-0.1, -0.05) is 66.7 Å². The Bertz CT molecular complexity index is 1310. The number of hydrogen-bond acceptors (Lipinski definition) is 6. The summed E-state index contributed by atoms with van der Waals surface area (Å²) in [5.41, 5.74) is 2.02. The molecule has 0 radical (unpaired) electrons. The van der Waals surface area contributed by atoms with Crippen molar-refractivity contribution in [2.24, 2.45) is 0 Å². The van der Waals surface area contributed by atoms with Crippen LogP contribution in [0.4, 0.5) is 0 Å². The maximum Gasteiger partial charge on any atom is 0.251 e. The van der Waals surface area contributed by atoms with Gasteiger partial charge in [0.1, 0.15) is 6.04 Å². The van der Waals surface area contributed by atoms with Gasteiger partial charge in [-0.15, -0.1) is 0 Å². The summed E-state index contributed by atoms with van der Waals surface area (Å²) < 4.78 is 32.8. The van der Waals surface area contributed by atoms with Crippen molar-refractivity contribution in [3.63, 3.8) is 0 Å². The van der Waals surface area contributed by atoms with Crippen LogP contribution in [0.25, 0.3) is 0 Å². The summed E-state index contributed by atoms with van der Waals surface area (Å²) in [6.07, 6.45) is 2.36. The predicted octanol–water partition coefficient (Wildman–Crippen LogP) is 3.46. The van der Waals surface area contributed by atoms with E-state index in [0.29, 0.717) is 25.4 Å². The van der Waals surface area contributed by atoms with E-state index in [1.165, 1.54) is 16.4 Å². The Balaban J connectivity index is 1.53. The lowest BCUT2D eigenvalue weighted by Crippen LogP contribution is -2.48. The molecule has 10 heteroatoms. The molecular formula is C29H33N3O5S2. The zero-order chi connectivity index (χ0) is 27.7. The molecule has 39 heavy (non-hydrogen) atoms. The molecule has 1 aliphatic heterocycles. The van der Waals surface area contributed by atoms with E-state index in [0.717, 1.165) is 11.1 Å². The summed E-state index contributed by atoms with van der Waals surface area (Å²) in [7, 11) is -3.76. The highest BCUT2D eigenvalue weighted by Crippen LogP contribution is 2.23. The van der Waals surface area contributed by atoms with Crippen molar-refractivity contribution in [2.75, 3.05) is 38.3 Å². The number of thioether (sulfide) groups is 1. The molecule has 0 aromatic heterocycles. The van der Waals surface area contributed by atoms with Crippen LogP contribution >= 0.6 is 11.8 Å². The zero-order valence-corrected chi connectivity index (χ0v) is 23.4. The predicted molar refractivity (Wildman–Crippen MR) is 153 cm³/mol. The average Bonchev–Trinajstić information content (AvgIpc) is 2.99. The molecule has 8 nitrogen and oxygen atoms in total. The number of benzene rings is 3. The van der Waals surface area contributed by atoms with E-state index in [1.54, 1.807) is 23.9 Å². The van der Waals surface area contributed by atoms with Gasteiger partial charge in [-0.2, -0.15) is 16.1 Å². The van der Waals surface area contributed by atoms with Crippen LogP contribution in [0.3, 0.4) is 0 Å². The third kappa shape index (κ3) is 7.48. The number of ether oxygens (including phenoxy) is 1. The maximum absolute atomic E-state index is 13.6. The quantitative estimate of drug-likeness (QED) is 0.368. The molecule has 3 aromatic carbocycles. The van der Waals surface area contributed by atoms with E-state index >= 15 is 0 Å². The summed E-state index contributed by atoms with van der Waals surface area (Å²) in [6.45, 7) is 1.19. The molecule has 0 saturated carbocycles. The van der Waals surface area contributed by atoms with E-state index in [2.05, 4.69) is 10.6 Å². The lowest BCUT2D eigenvalue weighted by atomic mass is 9.98. The molecule has 1 saturated heterocycles. The molecule has 2 amide bonds. The molecule has 1 fully saturated rings. The van der Waals surface area contributed by atoms with E-state index in [-0.39, 0.29) is 29.5 Å². The Morgan fingerprint density at radius 2 is 1.51 bits per heavy atom. The lowest BCUT2D eigenvalue weighted by Gasteiger charge is -2.26. The first kappa shape index (κ1) is 28.8. The largest absolute Gasteiger partial charge is 0.379 e. The van der Waals surface area contributed by atoms with Gasteiger partial charge in [0, 0.05) is 18.7 Å². The van der Waals surface area contributed by atoms with Crippen LogP contribution in [-0.4, -0.2) is 68.9 Å². The number of carbonyl (C=O) groups is 2. The highest BCUT2D eigenvalue weighted by Gasteiger charge is 2.28. The van der Waals surface area contributed by atoms with E-state index in [9.17, 15) is 18.0 Å². The third-order valence-corrected chi connectivity index (χ3v) is 9.03. The molecule has 3 aromatic rings. The van der Waals surface area contributed by atoms with Crippen LogP contribution < -0.4 is 10.6 Å². The average molecular weight is 568 g/mol. The molecule has 0 aliphatic carbocycles. The monoisotopic (exact) mass is 567 g/mol. The molecule has 4 rings (SSSR count). The van der Waals surface area contributed by atoms with Crippen molar-refractivity contribution in [1.29, 1.82) is 0 Å². The second-order valence-corrected chi connectivity index (χ2v) is 12.0.